The molecule has 27 heavy (non-hydrogen) atoms. The molecule has 6 nitrogen and oxygen atoms in total. The van der Waals surface area contributed by atoms with E-state index in [0.29, 0.717) is 24.2 Å². The fourth-order valence-corrected chi connectivity index (χ4v) is 3.72. The first-order valence-corrected chi connectivity index (χ1v) is 10.3. The molecule has 0 bridgehead atoms. The molecule has 2 saturated heterocycles. The molecular formula is C20H31ClN4O2. The Morgan fingerprint density at radius 1 is 1.41 bits per heavy atom. The number of nitrogens with one attached hydrogen (secondary N) is 1. The average Bonchev–Trinajstić information content (AvgIpc) is 3.14. The number of rotatable bonds is 7. The summed E-state index contributed by atoms with van der Waals surface area (Å²) in [6, 6.07) is 8.07. The van der Waals surface area contributed by atoms with Gasteiger partial charge >= 0.3 is 0 Å². The Hall–Kier alpha value is -1.50. The van der Waals surface area contributed by atoms with Crippen molar-refractivity contribution in [2.75, 3.05) is 53.0 Å². The summed E-state index contributed by atoms with van der Waals surface area (Å²) < 4.78 is 11.8. The van der Waals surface area contributed by atoms with Crippen LogP contribution >= 0.6 is 11.6 Å². The van der Waals surface area contributed by atoms with Crippen molar-refractivity contribution in [3.63, 3.8) is 0 Å². The van der Waals surface area contributed by atoms with E-state index in [1.165, 1.54) is 19.4 Å². The van der Waals surface area contributed by atoms with Crippen LogP contribution in [-0.2, 0) is 4.74 Å². The number of guanidine groups is 1. The molecule has 2 aliphatic rings. The van der Waals surface area contributed by atoms with Crippen LogP contribution in [0.2, 0.25) is 5.02 Å². The number of fused-ring (bicyclic) bond motifs is 1. The van der Waals surface area contributed by atoms with E-state index in [4.69, 9.17) is 26.1 Å². The molecule has 150 valence electrons. The van der Waals surface area contributed by atoms with E-state index in [1.807, 2.05) is 31.3 Å². The largest absolute Gasteiger partial charge is 0.492 e. The van der Waals surface area contributed by atoms with E-state index in [0.717, 1.165) is 38.0 Å². The van der Waals surface area contributed by atoms with Crippen molar-refractivity contribution in [3.8, 4) is 5.75 Å². The minimum atomic E-state index is 0.187. The number of likely N-dealkylation sites (N-methyl/N-ethyl adjacent to an activating group) is 1. The molecular weight excluding hydrogens is 364 g/mol. The van der Waals surface area contributed by atoms with E-state index in [2.05, 4.69) is 22.0 Å². The number of benzene rings is 1. The van der Waals surface area contributed by atoms with Crippen LogP contribution in [0, 0.1) is 0 Å². The molecule has 1 aromatic carbocycles. The first kappa shape index (κ1) is 20.2. The Morgan fingerprint density at radius 3 is 3.00 bits per heavy atom. The molecule has 7 heteroatoms. The number of hydrogen-bond acceptors (Lipinski definition) is 4. The third-order valence-corrected chi connectivity index (χ3v) is 5.36. The van der Waals surface area contributed by atoms with Gasteiger partial charge in [-0.05, 0) is 50.6 Å². The maximum atomic E-state index is 6.02. The monoisotopic (exact) mass is 394 g/mol. The third kappa shape index (κ3) is 5.99. The summed E-state index contributed by atoms with van der Waals surface area (Å²) in [7, 11) is 2.03. The van der Waals surface area contributed by atoms with Gasteiger partial charge in [0, 0.05) is 31.2 Å². The highest BCUT2D eigenvalue weighted by Crippen LogP contribution is 2.22. The SMILES string of the molecule is CCNC(=NCC1CN2CCCC2CO1)N(C)CCOc1ccc(Cl)cc1. The number of ether oxygens (including phenoxy) is 2. The zero-order valence-corrected chi connectivity index (χ0v) is 17.1. The number of morpholine rings is 1. The van der Waals surface area contributed by atoms with Crippen LogP contribution < -0.4 is 10.1 Å². The maximum Gasteiger partial charge on any atom is 0.193 e. The fourth-order valence-electron chi connectivity index (χ4n) is 3.59. The second-order valence-electron chi connectivity index (χ2n) is 7.16. The third-order valence-electron chi connectivity index (χ3n) is 5.11. The van der Waals surface area contributed by atoms with Crippen LogP contribution in [0.1, 0.15) is 19.8 Å². The molecule has 2 unspecified atom stereocenters. The molecule has 2 atom stereocenters. The molecule has 1 N–H and O–H groups in total. The molecule has 3 rings (SSSR count). The normalized spacial score (nSPS) is 23.1. The van der Waals surface area contributed by atoms with Crippen molar-refractivity contribution >= 4 is 17.6 Å². The van der Waals surface area contributed by atoms with Gasteiger partial charge in [0.05, 0.1) is 25.8 Å². The fraction of sp³-hybridized carbons (Fsp3) is 0.650. The summed E-state index contributed by atoms with van der Waals surface area (Å²) >= 11 is 5.90. The summed E-state index contributed by atoms with van der Waals surface area (Å²) in [6.45, 7) is 7.98. The van der Waals surface area contributed by atoms with E-state index in [-0.39, 0.29) is 6.10 Å². The Labute approximate surface area is 167 Å². The van der Waals surface area contributed by atoms with Gasteiger partial charge < -0.3 is 19.7 Å². The van der Waals surface area contributed by atoms with E-state index in [1.54, 1.807) is 0 Å². The van der Waals surface area contributed by atoms with Crippen molar-refractivity contribution in [2.45, 2.75) is 31.9 Å². The van der Waals surface area contributed by atoms with Crippen LogP contribution in [0.5, 0.6) is 5.75 Å². The Bertz CT molecular complexity index is 611. The first-order chi connectivity index (χ1) is 13.2. The lowest BCUT2D eigenvalue weighted by Gasteiger charge is -2.34. The van der Waals surface area contributed by atoms with Gasteiger partial charge in [-0.1, -0.05) is 11.6 Å². The molecule has 0 amide bonds. The summed E-state index contributed by atoms with van der Waals surface area (Å²) in [5.74, 6) is 1.72. The molecule has 0 aliphatic carbocycles. The van der Waals surface area contributed by atoms with Gasteiger partial charge in [0.2, 0.25) is 0 Å². The molecule has 0 spiro atoms. The van der Waals surface area contributed by atoms with Crippen LogP contribution in [0.15, 0.2) is 29.3 Å². The highest BCUT2D eigenvalue weighted by atomic mass is 35.5. The zero-order chi connectivity index (χ0) is 19.1. The number of halogens is 1. The Kier molecular flexibility index (Phi) is 7.61. The van der Waals surface area contributed by atoms with Gasteiger partial charge in [0.1, 0.15) is 12.4 Å². The van der Waals surface area contributed by atoms with Gasteiger partial charge in [0.15, 0.2) is 5.96 Å². The molecule has 2 fully saturated rings. The molecule has 2 aliphatic heterocycles. The smallest absolute Gasteiger partial charge is 0.193 e. The molecule has 0 saturated carbocycles. The average molecular weight is 395 g/mol. The van der Waals surface area contributed by atoms with Crippen LogP contribution in [0.25, 0.3) is 0 Å². The number of aliphatic imine (C=N–C) groups is 1. The lowest BCUT2D eigenvalue weighted by atomic mass is 10.2. The van der Waals surface area contributed by atoms with Gasteiger partial charge in [-0.3, -0.25) is 9.89 Å². The zero-order valence-electron chi connectivity index (χ0n) is 16.4. The summed E-state index contributed by atoms with van der Waals surface area (Å²) in [6.07, 6.45) is 2.75. The van der Waals surface area contributed by atoms with Gasteiger partial charge in [-0.15, -0.1) is 0 Å². The van der Waals surface area contributed by atoms with Crippen LogP contribution in [0.4, 0.5) is 0 Å². The predicted octanol–water partition coefficient (Wildman–Crippen LogP) is 2.48. The molecule has 2 heterocycles. The maximum absolute atomic E-state index is 6.02. The van der Waals surface area contributed by atoms with Crippen molar-refractivity contribution < 1.29 is 9.47 Å². The van der Waals surface area contributed by atoms with Gasteiger partial charge in [-0.2, -0.15) is 0 Å². The molecule has 1 aromatic rings. The summed E-state index contributed by atoms with van der Waals surface area (Å²) in [5.41, 5.74) is 0. The lowest BCUT2D eigenvalue weighted by Crippen LogP contribution is -2.48. The summed E-state index contributed by atoms with van der Waals surface area (Å²) in [5, 5.41) is 4.07. The summed E-state index contributed by atoms with van der Waals surface area (Å²) in [4.78, 5) is 9.45. The number of hydrogen-bond donors (Lipinski definition) is 1. The van der Waals surface area contributed by atoms with Crippen molar-refractivity contribution in [1.29, 1.82) is 0 Å². The minimum absolute atomic E-state index is 0.187. The Morgan fingerprint density at radius 2 is 2.22 bits per heavy atom. The van der Waals surface area contributed by atoms with Crippen molar-refractivity contribution in [1.82, 2.24) is 15.1 Å². The van der Waals surface area contributed by atoms with Crippen LogP contribution in [0.3, 0.4) is 0 Å². The Balaban J connectivity index is 1.46. The quantitative estimate of drug-likeness (QED) is 0.568. The first-order valence-electron chi connectivity index (χ1n) is 9.89. The van der Waals surface area contributed by atoms with Gasteiger partial charge in [0.25, 0.3) is 0 Å². The number of nitrogens with zero attached hydrogens (tertiary/aromatic N) is 3. The van der Waals surface area contributed by atoms with Gasteiger partial charge in [-0.25, -0.2) is 0 Å². The predicted molar refractivity (Wildman–Crippen MR) is 110 cm³/mol. The highest BCUT2D eigenvalue weighted by molar-refractivity contribution is 6.30. The lowest BCUT2D eigenvalue weighted by molar-refractivity contribution is -0.0432. The topological polar surface area (TPSA) is 49.3 Å². The highest BCUT2D eigenvalue weighted by Gasteiger charge is 2.32. The van der Waals surface area contributed by atoms with Crippen LogP contribution in [-0.4, -0.2) is 80.9 Å². The standard InChI is InChI=1S/C20H31ClN4O2/c1-3-22-20(23-13-19-14-25-10-4-5-17(25)15-27-19)24(2)11-12-26-18-8-6-16(21)7-9-18/h6-9,17,19H,3-5,10-15H2,1-2H3,(H,22,23). The van der Waals surface area contributed by atoms with E-state index in [9.17, 15) is 0 Å². The van der Waals surface area contributed by atoms with E-state index >= 15 is 0 Å². The minimum Gasteiger partial charge on any atom is -0.492 e. The van der Waals surface area contributed by atoms with Crippen molar-refractivity contribution in [2.24, 2.45) is 4.99 Å². The van der Waals surface area contributed by atoms with E-state index < -0.39 is 0 Å². The molecule has 0 aromatic heterocycles. The molecule has 0 radical (unpaired) electrons. The van der Waals surface area contributed by atoms with Crippen molar-refractivity contribution in [3.05, 3.63) is 29.3 Å². The second-order valence-corrected chi connectivity index (χ2v) is 7.60. The second kappa shape index (κ2) is 10.2.